The van der Waals surface area contributed by atoms with Gasteiger partial charge in [0.1, 0.15) is 11.7 Å². The van der Waals surface area contributed by atoms with Crippen molar-refractivity contribution < 1.29 is 9.18 Å². The minimum atomic E-state index is -0.401. The van der Waals surface area contributed by atoms with Gasteiger partial charge >= 0.3 is 0 Å². The standard InChI is InChI=1S/C15H15FN6OS2/c16-10-4-3-9(24-10)15(23)21-5-6-22(11(17)7-21)12(18)14-19-13(20-25-14)8-1-2-8/h3-4,8,17-18H,1-2,5-7H2. The van der Waals surface area contributed by atoms with Crippen LogP contribution in [0.25, 0.3) is 0 Å². The number of hydrogen-bond donors (Lipinski definition) is 2. The number of piperazine rings is 1. The first kappa shape index (κ1) is 16.3. The number of thiophene rings is 1. The molecule has 0 unspecified atom stereocenters. The van der Waals surface area contributed by atoms with E-state index in [0.29, 0.717) is 28.9 Å². The van der Waals surface area contributed by atoms with Crippen LogP contribution in [-0.2, 0) is 0 Å². The van der Waals surface area contributed by atoms with Gasteiger partial charge in [-0.05, 0) is 36.5 Å². The lowest BCUT2D eigenvalue weighted by molar-refractivity contribution is 0.0762. The molecule has 0 radical (unpaired) electrons. The van der Waals surface area contributed by atoms with Gasteiger partial charge < -0.3 is 9.80 Å². The van der Waals surface area contributed by atoms with Gasteiger partial charge in [-0.1, -0.05) is 0 Å². The fourth-order valence-corrected chi connectivity index (χ4v) is 4.06. The molecule has 2 aromatic heterocycles. The molecular weight excluding hydrogens is 363 g/mol. The second-order valence-corrected chi connectivity index (χ2v) is 7.80. The van der Waals surface area contributed by atoms with Gasteiger partial charge in [0, 0.05) is 19.0 Å². The monoisotopic (exact) mass is 378 g/mol. The Hall–Kier alpha value is -2.20. The minimum absolute atomic E-state index is 0.0923. The molecule has 0 atom stereocenters. The Balaban J connectivity index is 1.43. The maximum Gasteiger partial charge on any atom is 0.264 e. The van der Waals surface area contributed by atoms with Crippen molar-refractivity contribution in [1.82, 2.24) is 19.2 Å². The first-order chi connectivity index (χ1) is 12.0. The summed E-state index contributed by atoms with van der Waals surface area (Å²) in [6, 6.07) is 2.73. The molecule has 4 rings (SSSR count). The number of aromatic nitrogens is 2. The Morgan fingerprint density at radius 3 is 2.76 bits per heavy atom. The highest BCUT2D eigenvalue weighted by Gasteiger charge is 2.32. The molecule has 130 valence electrons. The lowest BCUT2D eigenvalue weighted by atomic mass is 10.2. The number of halogens is 1. The summed E-state index contributed by atoms with van der Waals surface area (Å²) in [6.07, 6.45) is 2.20. The lowest BCUT2D eigenvalue weighted by Crippen LogP contribution is -2.53. The molecule has 2 N–H and O–H groups in total. The van der Waals surface area contributed by atoms with E-state index >= 15 is 0 Å². The molecule has 3 heterocycles. The third kappa shape index (κ3) is 3.19. The smallest absolute Gasteiger partial charge is 0.264 e. The molecular formula is C15H15FN6OS2. The summed E-state index contributed by atoms with van der Waals surface area (Å²) in [6.45, 7) is 0.808. The predicted octanol–water partition coefficient (Wildman–Crippen LogP) is 2.38. The molecule has 1 saturated carbocycles. The van der Waals surface area contributed by atoms with Crippen LogP contribution in [0.4, 0.5) is 4.39 Å². The fraction of sp³-hybridized carbons (Fsp3) is 0.400. The average molecular weight is 378 g/mol. The number of amides is 1. The molecule has 1 amide bonds. The number of nitrogens with zero attached hydrogens (tertiary/aromatic N) is 4. The van der Waals surface area contributed by atoms with E-state index in [0.717, 1.165) is 30.0 Å². The normalized spacial score (nSPS) is 17.9. The van der Waals surface area contributed by atoms with Crippen molar-refractivity contribution >= 4 is 40.4 Å². The predicted molar refractivity (Wildman–Crippen MR) is 93.3 cm³/mol. The van der Waals surface area contributed by atoms with Gasteiger partial charge in [0.25, 0.3) is 5.91 Å². The third-order valence-electron chi connectivity index (χ3n) is 4.19. The molecule has 2 fully saturated rings. The van der Waals surface area contributed by atoms with E-state index in [1.54, 1.807) is 4.90 Å². The van der Waals surface area contributed by atoms with Crippen LogP contribution >= 0.6 is 22.9 Å². The van der Waals surface area contributed by atoms with Crippen molar-refractivity contribution in [3.8, 4) is 0 Å². The van der Waals surface area contributed by atoms with Gasteiger partial charge in [0.15, 0.2) is 16.0 Å². The zero-order valence-corrected chi connectivity index (χ0v) is 14.8. The zero-order chi connectivity index (χ0) is 17.6. The molecule has 0 spiro atoms. The fourth-order valence-electron chi connectivity index (χ4n) is 2.66. The number of carbonyl (C=O) groups is 1. The van der Waals surface area contributed by atoms with Gasteiger partial charge in [-0.15, -0.1) is 11.3 Å². The lowest BCUT2D eigenvalue weighted by Gasteiger charge is -2.35. The maximum absolute atomic E-state index is 13.1. The van der Waals surface area contributed by atoms with E-state index in [-0.39, 0.29) is 24.1 Å². The van der Waals surface area contributed by atoms with Crippen LogP contribution in [0.1, 0.15) is 39.3 Å². The van der Waals surface area contributed by atoms with Crippen LogP contribution in [0.15, 0.2) is 12.1 Å². The third-order valence-corrected chi connectivity index (χ3v) is 5.79. The van der Waals surface area contributed by atoms with Gasteiger partial charge in [0.05, 0.1) is 11.4 Å². The maximum atomic E-state index is 13.1. The summed E-state index contributed by atoms with van der Waals surface area (Å²) in [7, 11) is 0. The molecule has 25 heavy (non-hydrogen) atoms. The largest absolute Gasteiger partial charge is 0.329 e. The number of nitrogens with one attached hydrogen (secondary N) is 2. The quantitative estimate of drug-likeness (QED) is 0.633. The number of carbonyl (C=O) groups excluding carboxylic acids is 1. The molecule has 2 aliphatic rings. The summed E-state index contributed by atoms with van der Waals surface area (Å²) in [5.41, 5.74) is 0. The van der Waals surface area contributed by atoms with Crippen LogP contribution in [0, 0.1) is 15.9 Å². The number of hydrogen-bond acceptors (Lipinski definition) is 7. The number of amidine groups is 2. The van der Waals surface area contributed by atoms with Crippen LogP contribution in [0.2, 0.25) is 0 Å². The first-order valence-electron chi connectivity index (χ1n) is 7.85. The van der Waals surface area contributed by atoms with Crippen molar-refractivity contribution in [3.63, 3.8) is 0 Å². The van der Waals surface area contributed by atoms with Crippen LogP contribution in [-0.4, -0.2) is 56.4 Å². The van der Waals surface area contributed by atoms with E-state index < -0.39 is 5.13 Å². The van der Waals surface area contributed by atoms with E-state index in [2.05, 4.69) is 9.36 Å². The van der Waals surface area contributed by atoms with Gasteiger partial charge in [-0.3, -0.25) is 15.6 Å². The molecule has 7 nitrogen and oxygen atoms in total. The van der Waals surface area contributed by atoms with Gasteiger partial charge in [-0.25, -0.2) is 4.98 Å². The van der Waals surface area contributed by atoms with Crippen molar-refractivity contribution in [2.24, 2.45) is 0 Å². The van der Waals surface area contributed by atoms with Crippen molar-refractivity contribution in [2.75, 3.05) is 19.6 Å². The van der Waals surface area contributed by atoms with E-state index in [1.807, 2.05) is 0 Å². The highest BCUT2D eigenvalue weighted by atomic mass is 32.1. The Labute approximate surface area is 151 Å². The van der Waals surface area contributed by atoms with Crippen molar-refractivity contribution in [1.29, 1.82) is 10.8 Å². The van der Waals surface area contributed by atoms with Gasteiger partial charge in [-0.2, -0.15) is 8.76 Å². The molecule has 1 aliphatic heterocycles. The topological polar surface area (TPSA) is 97.0 Å². The second kappa shape index (κ2) is 6.26. The van der Waals surface area contributed by atoms with Crippen molar-refractivity contribution in [3.05, 3.63) is 33.0 Å². The Kier molecular flexibility index (Phi) is 4.08. The van der Waals surface area contributed by atoms with E-state index in [4.69, 9.17) is 10.8 Å². The Morgan fingerprint density at radius 2 is 2.12 bits per heavy atom. The van der Waals surface area contributed by atoms with E-state index in [1.165, 1.54) is 28.6 Å². The molecule has 1 aliphatic carbocycles. The second-order valence-electron chi connectivity index (χ2n) is 6.01. The summed E-state index contributed by atoms with van der Waals surface area (Å²) in [5, 5.41) is 16.6. The average Bonchev–Trinajstić information content (AvgIpc) is 3.17. The highest BCUT2D eigenvalue weighted by molar-refractivity contribution is 7.12. The summed E-state index contributed by atoms with van der Waals surface area (Å²) >= 11 is 1.99. The summed E-state index contributed by atoms with van der Waals surface area (Å²) in [5.74, 6) is 1.26. The SMILES string of the molecule is N=C1CN(C(=O)c2ccc(F)s2)CCN1C(=N)c1nc(C2CC2)ns1. The molecule has 10 heteroatoms. The zero-order valence-electron chi connectivity index (χ0n) is 13.2. The van der Waals surface area contributed by atoms with Crippen LogP contribution in [0.5, 0.6) is 0 Å². The molecule has 0 aromatic carbocycles. The highest BCUT2D eigenvalue weighted by Crippen LogP contribution is 2.38. The van der Waals surface area contributed by atoms with Crippen molar-refractivity contribution in [2.45, 2.75) is 18.8 Å². The summed E-state index contributed by atoms with van der Waals surface area (Å²) in [4.78, 5) is 20.2. The Bertz CT molecular complexity index is 858. The first-order valence-corrected chi connectivity index (χ1v) is 9.44. The minimum Gasteiger partial charge on any atom is -0.329 e. The molecule has 0 bridgehead atoms. The summed E-state index contributed by atoms with van der Waals surface area (Å²) < 4.78 is 17.4. The van der Waals surface area contributed by atoms with Crippen LogP contribution in [0.3, 0.4) is 0 Å². The number of rotatable bonds is 3. The van der Waals surface area contributed by atoms with Gasteiger partial charge in [0.2, 0.25) is 0 Å². The van der Waals surface area contributed by atoms with Crippen LogP contribution < -0.4 is 0 Å². The molecule has 2 aromatic rings. The van der Waals surface area contributed by atoms with E-state index in [9.17, 15) is 9.18 Å². The Morgan fingerprint density at radius 1 is 1.32 bits per heavy atom. The molecule has 1 saturated heterocycles.